The zero-order valence-corrected chi connectivity index (χ0v) is 11.8. The zero-order valence-electron chi connectivity index (χ0n) is 11.0. The van der Waals surface area contributed by atoms with E-state index in [4.69, 9.17) is 17.3 Å². The summed E-state index contributed by atoms with van der Waals surface area (Å²) in [5.41, 5.74) is 12.0. The van der Waals surface area contributed by atoms with Gasteiger partial charge in [0.15, 0.2) is 0 Å². The molecular weight excluding hydrogens is 242 g/mol. The number of aryl methyl sites for hydroxylation is 3. The summed E-state index contributed by atoms with van der Waals surface area (Å²) in [4.78, 5) is 0. The molecule has 0 bridgehead atoms. The third-order valence-corrected chi connectivity index (χ3v) is 3.68. The van der Waals surface area contributed by atoms with E-state index in [1.165, 1.54) is 11.1 Å². The molecule has 2 aromatic rings. The van der Waals surface area contributed by atoms with E-state index in [-0.39, 0.29) is 6.04 Å². The molecule has 2 N–H and O–H groups in total. The second kappa shape index (κ2) is 5.13. The number of benzene rings is 2. The van der Waals surface area contributed by atoms with E-state index in [0.29, 0.717) is 0 Å². The molecule has 0 heterocycles. The van der Waals surface area contributed by atoms with Crippen molar-refractivity contribution in [3.63, 3.8) is 0 Å². The molecule has 0 saturated heterocycles. The minimum atomic E-state index is -0.170. The molecule has 0 aliphatic rings. The minimum absolute atomic E-state index is 0.170. The Morgan fingerprint density at radius 3 is 2.22 bits per heavy atom. The lowest BCUT2D eigenvalue weighted by atomic mass is 9.95. The van der Waals surface area contributed by atoms with Gasteiger partial charge in [-0.3, -0.25) is 0 Å². The Morgan fingerprint density at radius 2 is 1.61 bits per heavy atom. The molecule has 0 aliphatic carbocycles. The highest BCUT2D eigenvalue weighted by Crippen LogP contribution is 2.29. The molecule has 0 saturated carbocycles. The molecule has 0 spiro atoms. The van der Waals surface area contributed by atoms with Gasteiger partial charge in [-0.2, -0.15) is 0 Å². The second-order valence-corrected chi connectivity index (χ2v) is 5.25. The van der Waals surface area contributed by atoms with E-state index in [9.17, 15) is 0 Å². The lowest BCUT2D eigenvalue weighted by Gasteiger charge is -2.16. The third kappa shape index (κ3) is 2.58. The van der Waals surface area contributed by atoms with Crippen LogP contribution in [0, 0.1) is 20.8 Å². The van der Waals surface area contributed by atoms with Gasteiger partial charge in [-0.25, -0.2) is 0 Å². The highest BCUT2D eigenvalue weighted by molar-refractivity contribution is 6.32. The van der Waals surface area contributed by atoms with E-state index in [0.717, 1.165) is 21.7 Å². The predicted molar refractivity (Wildman–Crippen MR) is 78.1 cm³/mol. The topological polar surface area (TPSA) is 26.0 Å². The van der Waals surface area contributed by atoms with Crippen LogP contribution < -0.4 is 5.73 Å². The molecule has 2 rings (SSSR count). The molecule has 0 radical (unpaired) electrons. The van der Waals surface area contributed by atoms with Gasteiger partial charge in [0.2, 0.25) is 0 Å². The van der Waals surface area contributed by atoms with Crippen molar-refractivity contribution in [1.29, 1.82) is 0 Å². The van der Waals surface area contributed by atoms with Crippen LogP contribution in [-0.4, -0.2) is 0 Å². The second-order valence-electron chi connectivity index (χ2n) is 4.88. The molecule has 0 aromatic heterocycles. The first-order valence-corrected chi connectivity index (χ1v) is 6.45. The normalized spacial score (nSPS) is 12.5. The lowest BCUT2D eigenvalue weighted by Crippen LogP contribution is -2.13. The summed E-state index contributed by atoms with van der Waals surface area (Å²) >= 11 is 6.34. The molecular formula is C16H18ClN. The maximum atomic E-state index is 6.34. The molecule has 1 nitrogen and oxygen atoms in total. The molecule has 1 atom stereocenters. The summed E-state index contributed by atoms with van der Waals surface area (Å²) in [7, 11) is 0. The predicted octanol–water partition coefficient (Wildman–Crippen LogP) is 4.31. The van der Waals surface area contributed by atoms with E-state index in [1.54, 1.807) is 0 Å². The lowest BCUT2D eigenvalue weighted by molar-refractivity contribution is 0.866. The van der Waals surface area contributed by atoms with Crippen molar-refractivity contribution < 1.29 is 0 Å². The first kappa shape index (κ1) is 13.1. The van der Waals surface area contributed by atoms with Crippen molar-refractivity contribution in [2.24, 2.45) is 5.73 Å². The smallest absolute Gasteiger partial charge is 0.0566 e. The van der Waals surface area contributed by atoms with Crippen molar-refractivity contribution in [3.8, 4) is 0 Å². The van der Waals surface area contributed by atoms with Gasteiger partial charge in [0.25, 0.3) is 0 Å². The molecule has 0 amide bonds. The van der Waals surface area contributed by atoms with Crippen LogP contribution in [0.3, 0.4) is 0 Å². The average molecular weight is 260 g/mol. The van der Waals surface area contributed by atoms with Gasteiger partial charge in [-0.15, -0.1) is 0 Å². The van der Waals surface area contributed by atoms with Crippen molar-refractivity contribution >= 4 is 11.6 Å². The fraction of sp³-hybridized carbons (Fsp3) is 0.250. The number of hydrogen-bond donors (Lipinski definition) is 1. The van der Waals surface area contributed by atoms with Crippen LogP contribution in [0.2, 0.25) is 5.02 Å². The van der Waals surface area contributed by atoms with Crippen molar-refractivity contribution in [2.45, 2.75) is 26.8 Å². The van der Waals surface area contributed by atoms with Gasteiger partial charge < -0.3 is 5.73 Å². The Kier molecular flexibility index (Phi) is 3.74. The molecule has 0 aliphatic heterocycles. The van der Waals surface area contributed by atoms with Crippen molar-refractivity contribution in [2.75, 3.05) is 0 Å². The first-order valence-electron chi connectivity index (χ1n) is 6.08. The summed E-state index contributed by atoms with van der Waals surface area (Å²) < 4.78 is 0. The fourth-order valence-corrected chi connectivity index (χ4v) is 2.52. The van der Waals surface area contributed by atoms with Crippen LogP contribution >= 0.6 is 11.6 Å². The maximum Gasteiger partial charge on any atom is 0.0566 e. The summed E-state index contributed by atoms with van der Waals surface area (Å²) in [6.07, 6.45) is 0. The summed E-state index contributed by atoms with van der Waals surface area (Å²) in [5.74, 6) is 0. The number of halogens is 1. The molecule has 94 valence electrons. The van der Waals surface area contributed by atoms with E-state index in [2.05, 4.69) is 32.0 Å². The van der Waals surface area contributed by atoms with Crippen LogP contribution in [0.25, 0.3) is 0 Å². The van der Waals surface area contributed by atoms with Crippen LogP contribution in [0.15, 0.2) is 36.4 Å². The van der Waals surface area contributed by atoms with Gasteiger partial charge >= 0.3 is 0 Å². The van der Waals surface area contributed by atoms with Crippen LogP contribution in [0.4, 0.5) is 0 Å². The Hall–Kier alpha value is -1.31. The summed E-state index contributed by atoms with van der Waals surface area (Å²) in [5, 5.41) is 0.768. The average Bonchev–Trinajstić information content (AvgIpc) is 2.30. The monoisotopic (exact) mass is 259 g/mol. The van der Waals surface area contributed by atoms with Crippen molar-refractivity contribution in [3.05, 3.63) is 69.2 Å². The Bertz CT molecular complexity index is 555. The Balaban J connectivity index is 2.47. The molecule has 2 heteroatoms. The molecule has 18 heavy (non-hydrogen) atoms. The van der Waals surface area contributed by atoms with Gasteiger partial charge in [0, 0.05) is 5.02 Å². The highest BCUT2D eigenvalue weighted by atomic mass is 35.5. The number of hydrogen-bond acceptors (Lipinski definition) is 1. The zero-order chi connectivity index (χ0) is 13.3. The van der Waals surface area contributed by atoms with Crippen LogP contribution in [0.1, 0.15) is 33.9 Å². The summed E-state index contributed by atoms with van der Waals surface area (Å²) in [6, 6.07) is 12.2. The SMILES string of the molecule is Cc1cc(C)cc(C(N)c2cccc(C)c2Cl)c1. The van der Waals surface area contributed by atoms with Crippen LogP contribution in [0.5, 0.6) is 0 Å². The quantitative estimate of drug-likeness (QED) is 0.854. The molecule has 2 aromatic carbocycles. The van der Waals surface area contributed by atoms with E-state index in [1.807, 2.05) is 25.1 Å². The first-order chi connectivity index (χ1) is 8.49. The Morgan fingerprint density at radius 1 is 1.00 bits per heavy atom. The molecule has 1 unspecified atom stereocenters. The number of nitrogens with two attached hydrogens (primary N) is 1. The highest BCUT2D eigenvalue weighted by Gasteiger charge is 2.14. The Labute approximate surface area is 114 Å². The van der Waals surface area contributed by atoms with Gasteiger partial charge in [-0.1, -0.05) is 59.1 Å². The van der Waals surface area contributed by atoms with E-state index < -0.39 is 0 Å². The number of rotatable bonds is 2. The minimum Gasteiger partial charge on any atom is -0.320 e. The third-order valence-electron chi connectivity index (χ3n) is 3.16. The molecule has 0 fully saturated rings. The maximum absolute atomic E-state index is 6.34. The largest absolute Gasteiger partial charge is 0.320 e. The standard InChI is InChI=1S/C16H18ClN/c1-10-7-11(2)9-13(8-10)16(18)14-6-4-5-12(3)15(14)17/h4-9,16H,18H2,1-3H3. The summed E-state index contributed by atoms with van der Waals surface area (Å²) in [6.45, 7) is 6.17. The van der Waals surface area contributed by atoms with Crippen LogP contribution in [-0.2, 0) is 0 Å². The fourth-order valence-electron chi connectivity index (χ4n) is 2.28. The van der Waals surface area contributed by atoms with Crippen molar-refractivity contribution in [1.82, 2.24) is 0 Å². The van der Waals surface area contributed by atoms with Gasteiger partial charge in [0.1, 0.15) is 0 Å². The van der Waals surface area contributed by atoms with Gasteiger partial charge in [-0.05, 0) is 37.5 Å². The van der Waals surface area contributed by atoms with E-state index >= 15 is 0 Å². The van der Waals surface area contributed by atoms with Gasteiger partial charge in [0.05, 0.1) is 6.04 Å².